The van der Waals surface area contributed by atoms with Crippen molar-refractivity contribution in [2.75, 3.05) is 18.0 Å². The highest BCUT2D eigenvalue weighted by atomic mass is 16.6. The number of anilines is 1. The fraction of sp³-hybridized carbons (Fsp3) is 0.412. The zero-order valence-electron chi connectivity index (χ0n) is 13.6. The molecule has 7 nitrogen and oxygen atoms in total. The minimum Gasteiger partial charge on any atom is -0.419 e. The first-order valence-corrected chi connectivity index (χ1v) is 7.88. The van der Waals surface area contributed by atoms with Crippen LogP contribution >= 0.6 is 0 Å². The van der Waals surface area contributed by atoms with Crippen LogP contribution in [0.1, 0.15) is 26.0 Å². The standard InChI is InChI=1S/C17H18N4O3/c1-11-7-12(2)10-20(9-11)17-15(8-18)19-16(24-17)13-3-5-14(6-4-13)21(22)23/h3-6,11-12H,7,9-10H2,1-2H3/t11-,12+. The van der Waals surface area contributed by atoms with Crippen LogP contribution in [-0.2, 0) is 0 Å². The summed E-state index contributed by atoms with van der Waals surface area (Å²) in [5.74, 6) is 1.84. The van der Waals surface area contributed by atoms with Crippen molar-refractivity contribution >= 4 is 11.6 Å². The molecular formula is C17H18N4O3. The first-order valence-electron chi connectivity index (χ1n) is 7.88. The number of aromatic nitrogens is 1. The van der Waals surface area contributed by atoms with Crippen LogP contribution in [0.25, 0.3) is 11.5 Å². The number of nitriles is 1. The van der Waals surface area contributed by atoms with E-state index in [1.807, 2.05) is 0 Å². The van der Waals surface area contributed by atoms with Crippen LogP contribution in [0.2, 0.25) is 0 Å². The third kappa shape index (κ3) is 3.08. The molecule has 0 aliphatic carbocycles. The number of hydrogen-bond acceptors (Lipinski definition) is 6. The van der Waals surface area contributed by atoms with E-state index >= 15 is 0 Å². The van der Waals surface area contributed by atoms with Gasteiger partial charge in [-0.15, -0.1) is 0 Å². The average molecular weight is 326 g/mol. The van der Waals surface area contributed by atoms with Crippen LogP contribution < -0.4 is 4.90 Å². The largest absolute Gasteiger partial charge is 0.419 e. The van der Waals surface area contributed by atoms with Gasteiger partial charge in [-0.3, -0.25) is 10.1 Å². The Morgan fingerprint density at radius 3 is 2.46 bits per heavy atom. The fourth-order valence-electron chi connectivity index (χ4n) is 3.28. The van der Waals surface area contributed by atoms with Gasteiger partial charge in [0.1, 0.15) is 6.07 Å². The van der Waals surface area contributed by atoms with Gasteiger partial charge in [-0.25, -0.2) is 0 Å². The van der Waals surface area contributed by atoms with Gasteiger partial charge < -0.3 is 9.32 Å². The van der Waals surface area contributed by atoms with E-state index in [4.69, 9.17) is 4.42 Å². The highest BCUT2D eigenvalue weighted by Gasteiger charge is 2.27. The number of piperidine rings is 1. The van der Waals surface area contributed by atoms with Crippen molar-refractivity contribution in [2.24, 2.45) is 11.8 Å². The van der Waals surface area contributed by atoms with Crippen molar-refractivity contribution in [1.29, 1.82) is 5.26 Å². The normalized spacial score (nSPS) is 20.6. The van der Waals surface area contributed by atoms with Gasteiger partial charge in [-0.05, 0) is 30.4 Å². The number of benzene rings is 1. The second-order valence-corrected chi connectivity index (χ2v) is 6.44. The second-order valence-electron chi connectivity index (χ2n) is 6.44. The predicted octanol–water partition coefficient (Wildman–Crippen LogP) is 3.60. The molecule has 0 radical (unpaired) electrons. The van der Waals surface area contributed by atoms with E-state index in [1.54, 1.807) is 12.1 Å². The Morgan fingerprint density at radius 2 is 1.92 bits per heavy atom. The summed E-state index contributed by atoms with van der Waals surface area (Å²) in [4.78, 5) is 16.6. The molecule has 0 bridgehead atoms. The lowest BCUT2D eigenvalue weighted by molar-refractivity contribution is -0.384. The monoisotopic (exact) mass is 326 g/mol. The highest BCUT2D eigenvalue weighted by Crippen LogP contribution is 2.32. The molecule has 7 heteroatoms. The van der Waals surface area contributed by atoms with E-state index < -0.39 is 4.92 Å². The Morgan fingerprint density at radius 1 is 1.29 bits per heavy atom. The average Bonchev–Trinajstić information content (AvgIpc) is 2.98. The van der Waals surface area contributed by atoms with Gasteiger partial charge >= 0.3 is 0 Å². The van der Waals surface area contributed by atoms with Crippen LogP contribution in [0.3, 0.4) is 0 Å². The number of nitrogens with zero attached hydrogens (tertiary/aromatic N) is 4. The molecule has 3 rings (SSSR count). The van der Waals surface area contributed by atoms with Gasteiger partial charge in [0, 0.05) is 30.8 Å². The van der Waals surface area contributed by atoms with Gasteiger partial charge in [0.25, 0.3) is 5.69 Å². The van der Waals surface area contributed by atoms with Crippen molar-refractivity contribution < 1.29 is 9.34 Å². The molecule has 0 saturated carbocycles. The molecule has 2 aromatic rings. The molecule has 1 aromatic heterocycles. The Labute approximate surface area is 139 Å². The second kappa shape index (κ2) is 6.32. The molecule has 0 spiro atoms. The Balaban J connectivity index is 1.93. The topological polar surface area (TPSA) is 96.2 Å². The van der Waals surface area contributed by atoms with E-state index in [0.717, 1.165) is 19.5 Å². The minimum atomic E-state index is -0.456. The van der Waals surface area contributed by atoms with Gasteiger partial charge in [-0.1, -0.05) is 13.8 Å². The summed E-state index contributed by atoms with van der Waals surface area (Å²) in [5, 5.41) is 20.1. The number of oxazole rings is 1. The summed E-state index contributed by atoms with van der Waals surface area (Å²) >= 11 is 0. The number of non-ortho nitro benzene ring substituents is 1. The van der Waals surface area contributed by atoms with Gasteiger partial charge in [0.15, 0.2) is 0 Å². The van der Waals surface area contributed by atoms with Crippen LogP contribution in [0.4, 0.5) is 11.6 Å². The van der Waals surface area contributed by atoms with Crippen molar-refractivity contribution in [3.63, 3.8) is 0 Å². The van der Waals surface area contributed by atoms with Crippen LogP contribution in [0.5, 0.6) is 0 Å². The molecule has 0 amide bonds. The fourth-order valence-corrected chi connectivity index (χ4v) is 3.28. The zero-order chi connectivity index (χ0) is 17.3. The van der Waals surface area contributed by atoms with E-state index in [-0.39, 0.29) is 11.4 Å². The highest BCUT2D eigenvalue weighted by molar-refractivity contribution is 5.61. The summed E-state index contributed by atoms with van der Waals surface area (Å²) in [7, 11) is 0. The lowest BCUT2D eigenvalue weighted by Crippen LogP contribution is -2.38. The van der Waals surface area contributed by atoms with Crippen molar-refractivity contribution in [3.8, 4) is 17.5 Å². The third-order valence-electron chi connectivity index (χ3n) is 4.20. The molecule has 24 heavy (non-hydrogen) atoms. The maximum absolute atomic E-state index is 10.7. The lowest BCUT2D eigenvalue weighted by Gasteiger charge is -2.34. The Hall–Kier alpha value is -2.88. The SMILES string of the molecule is C[C@@H]1C[C@H](C)CN(c2oc(-c3ccc([N+](=O)[O-])cc3)nc2C#N)C1. The van der Waals surface area contributed by atoms with Gasteiger partial charge in [0.2, 0.25) is 17.5 Å². The van der Waals surface area contributed by atoms with Crippen LogP contribution in [-0.4, -0.2) is 23.0 Å². The van der Waals surface area contributed by atoms with Gasteiger partial charge in [0.05, 0.1) is 4.92 Å². The molecule has 0 unspecified atom stereocenters. The molecule has 1 aliphatic rings. The molecule has 2 atom stereocenters. The van der Waals surface area contributed by atoms with Crippen molar-refractivity contribution in [1.82, 2.24) is 4.98 Å². The van der Waals surface area contributed by atoms with Crippen LogP contribution in [0, 0.1) is 33.3 Å². The molecule has 1 saturated heterocycles. The van der Waals surface area contributed by atoms with E-state index in [0.29, 0.717) is 29.2 Å². The van der Waals surface area contributed by atoms with E-state index in [9.17, 15) is 15.4 Å². The van der Waals surface area contributed by atoms with Crippen molar-refractivity contribution in [3.05, 3.63) is 40.1 Å². The molecule has 0 N–H and O–H groups in total. The number of nitro benzene ring substituents is 1. The molecule has 1 aliphatic heterocycles. The quantitative estimate of drug-likeness (QED) is 0.631. The summed E-state index contributed by atoms with van der Waals surface area (Å²) in [6.07, 6.45) is 1.15. The zero-order valence-corrected chi connectivity index (χ0v) is 13.6. The van der Waals surface area contributed by atoms with Gasteiger partial charge in [-0.2, -0.15) is 10.2 Å². The number of rotatable bonds is 3. The van der Waals surface area contributed by atoms with E-state index in [1.165, 1.54) is 12.1 Å². The maximum atomic E-state index is 10.7. The number of hydrogen-bond donors (Lipinski definition) is 0. The smallest absolute Gasteiger partial charge is 0.269 e. The first kappa shape index (κ1) is 16.0. The Bertz CT molecular complexity index is 781. The summed E-state index contributed by atoms with van der Waals surface area (Å²) in [5.41, 5.74) is 0.871. The minimum absolute atomic E-state index is 0.00437. The maximum Gasteiger partial charge on any atom is 0.269 e. The molecule has 2 heterocycles. The summed E-state index contributed by atoms with van der Waals surface area (Å²) in [6, 6.07) is 8.05. The van der Waals surface area contributed by atoms with Crippen LogP contribution in [0.15, 0.2) is 28.7 Å². The summed E-state index contributed by atoms with van der Waals surface area (Å²) < 4.78 is 5.85. The number of nitro groups is 1. The molecule has 1 fully saturated rings. The van der Waals surface area contributed by atoms with E-state index in [2.05, 4.69) is 29.8 Å². The van der Waals surface area contributed by atoms with Crippen molar-refractivity contribution in [2.45, 2.75) is 20.3 Å². The molecule has 1 aromatic carbocycles. The summed E-state index contributed by atoms with van der Waals surface area (Å²) in [6.45, 7) is 6.02. The molecular weight excluding hydrogens is 308 g/mol. The first-order chi connectivity index (χ1) is 11.5. The predicted molar refractivity (Wildman–Crippen MR) is 88.5 cm³/mol. The Kier molecular flexibility index (Phi) is 4.21. The lowest BCUT2D eigenvalue weighted by atomic mass is 9.92. The third-order valence-corrected chi connectivity index (χ3v) is 4.20. The molecule has 124 valence electrons.